The Kier molecular flexibility index (Phi) is 6.53. The fraction of sp³-hybridized carbons (Fsp3) is 0.0952. The van der Waals surface area contributed by atoms with Crippen LogP contribution in [0.4, 0.5) is 10.1 Å². The summed E-state index contributed by atoms with van der Waals surface area (Å²) < 4.78 is 41.4. The molecule has 1 N–H and O–H groups in total. The minimum absolute atomic E-state index is 0.0528. The monoisotopic (exact) mass is 426 g/mol. The number of amides is 1. The Labute approximate surface area is 173 Å². The molecule has 1 heterocycles. The van der Waals surface area contributed by atoms with Gasteiger partial charge in [-0.15, -0.1) is 0 Å². The fourth-order valence-electron chi connectivity index (χ4n) is 2.59. The number of hydrogen-bond acceptors (Lipinski definition) is 5. The smallest absolute Gasteiger partial charge is 0.264 e. The van der Waals surface area contributed by atoms with E-state index in [9.17, 15) is 17.6 Å². The zero-order valence-electron chi connectivity index (χ0n) is 16.1. The predicted molar refractivity (Wildman–Crippen MR) is 112 cm³/mol. The Balaban J connectivity index is 1.87. The third-order valence-electron chi connectivity index (χ3n) is 4.10. The summed E-state index contributed by atoms with van der Waals surface area (Å²) in [6, 6.07) is 14.9. The van der Waals surface area contributed by atoms with Crippen LogP contribution >= 0.6 is 0 Å². The van der Waals surface area contributed by atoms with Crippen LogP contribution in [-0.4, -0.2) is 32.1 Å². The molecule has 154 valence electrons. The van der Waals surface area contributed by atoms with E-state index < -0.39 is 28.3 Å². The van der Waals surface area contributed by atoms with E-state index in [1.54, 1.807) is 36.7 Å². The number of carbonyl (C=O) groups excluding carboxylic acids is 1. The van der Waals surface area contributed by atoms with Crippen LogP contribution in [0.1, 0.15) is 11.1 Å². The van der Waals surface area contributed by atoms with E-state index in [1.165, 1.54) is 36.5 Å². The second kappa shape index (κ2) is 9.27. The van der Waals surface area contributed by atoms with Gasteiger partial charge >= 0.3 is 0 Å². The molecule has 1 amide bonds. The van der Waals surface area contributed by atoms with Crippen LogP contribution in [0.3, 0.4) is 0 Å². The van der Waals surface area contributed by atoms with E-state index in [0.29, 0.717) is 5.56 Å². The summed E-state index contributed by atoms with van der Waals surface area (Å²) in [5, 5.41) is 3.80. The van der Waals surface area contributed by atoms with Crippen LogP contribution in [0.15, 0.2) is 83.1 Å². The van der Waals surface area contributed by atoms with Crippen LogP contribution in [-0.2, 0) is 14.8 Å². The van der Waals surface area contributed by atoms with Crippen molar-refractivity contribution in [2.24, 2.45) is 5.10 Å². The lowest BCUT2D eigenvalue weighted by Crippen LogP contribution is -2.40. The standard InChI is InChI=1S/C21H19FN4O3S/c1-16-8-10-18(11-9-16)30(28,29)26(20-7-3-2-6-19(20)22)15-21(27)25-24-14-17-5-4-12-23-13-17/h2-14H,15H2,1H3,(H,25,27). The van der Waals surface area contributed by atoms with E-state index in [4.69, 9.17) is 0 Å². The Morgan fingerprint density at radius 1 is 1.13 bits per heavy atom. The molecule has 0 saturated heterocycles. The average molecular weight is 426 g/mol. The van der Waals surface area contributed by atoms with Gasteiger partial charge in [0, 0.05) is 18.0 Å². The molecule has 0 aliphatic carbocycles. The molecule has 1 aromatic heterocycles. The van der Waals surface area contributed by atoms with Gasteiger partial charge in [0.15, 0.2) is 0 Å². The van der Waals surface area contributed by atoms with E-state index >= 15 is 0 Å². The molecule has 30 heavy (non-hydrogen) atoms. The molecule has 0 radical (unpaired) electrons. The molecule has 9 heteroatoms. The summed E-state index contributed by atoms with van der Waals surface area (Å²) in [7, 11) is -4.20. The molecule has 0 aliphatic rings. The first-order valence-corrected chi connectivity index (χ1v) is 10.4. The lowest BCUT2D eigenvalue weighted by Gasteiger charge is -2.24. The second-order valence-electron chi connectivity index (χ2n) is 6.36. The first-order valence-electron chi connectivity index (χ1n) is 8.94. The SMILES string of the molecule is Cc1ccc(S(=O)(=O)N(CC(=O)NN=Cc2cccnc2)c2ccccc2F)cc1. The highest BCUT2D eigenvalue weighted by Gasteiger charge is 2.29. The van der Waals surface area contributed by atoms with Crippen LogP contribution in [0, 0.1) is 12.7 Å². The minimum Gasteiger partial charge on any atom is -0.271 e. The molecule has 2 aromatic carbocycles. The first-order chi connectivity index (χ1) is 14.4. The molecule has 0 spiro atoms. The molecule has 0 atom stereocenters. The minimum atomic E-state index is -4.20. The van der Waals surface area contributed by atoms with Crippen molar-refractivity contribution in [2.45, 2.75) is 11.8 Å². The maximum Gasteiger partial charge on any atom is 0.264 e. The normalized spacial score (nSPS) is 11.4. The largest absolute Gasteiger partial charge is 0.271 e. The maximum atomic E-state index is 14.4. The number of nitrogens with one attached hydrogen (secondary N) is 1. The average Bonchev–Trinajstić information content (AvgIpc) is 2.74. The third-order valence-corrected chi connectivity index (χ3v) is 5.88. The van der Waals surface area contributed by atoms with Crippen molar-refractivity contribution in [3.05, 3.63) is 90.0 Å². The van der Waals surface area contributed by atoms with Crippen molar-refractivity contribution >= 4 is 27.8 Å². The summed E-state index contributed by atoms with van der Waals surface area (Å²) in [6.07, 6.45) is 4.51. The number of nitrogens with zero attached hydrogens (tertiary/aromatic N) is 3. The Hall–Kier alpha value is -3.59. The number of rotatable bonds is 7. The molecule has 0 unspecified atom stereocenters. The second-order valence-corrected chi connectivity index (χ2v) is 8.22. The van der Waals surface area contributed by atoms with Crippen LogP contribution < -0.4 is 9.73 Å². The molecular formula is C21H19FN4O3S. The van der Waals surface area contributed by atoms with Gasteiger partial charge in [-0.25, -0.2) is 18.2 Å². The zero-order chi connectivity index (χ0) is 21.6. The van der Waals surface area contributed by atoms with Crippen molar-refractivity contribution in [1.82, 2.24) is 10.4 Å². The quantitative estimate of drug-likeness (QED) is 0.465. The Morgan fingerprint density at radius 2 is 1.87 bits per heavy atom. The number of pyridine rings is 1. The molecular weight excluding hydrogens is 407 g/mol. The van der Waals surface area contributed by atoms with E-state index in [1.807, 2.05) is 6.92 Å². The highest BCUT2D eigenvalue weighted by molar-refractivity contribution is 7.92. The molecule has 3 aromatic rings. The molecule has 7 nitrogen and oxygen atoms in total. The van der Waals surface area contributed by atoms with Crippen molar-refractivity contribution < 1.29 is 17.6 Å². The Morgan fingerprint density at radius 3 is 2.53 bits per heavy atom. The number of para-hydroxylation sites is 1. The molecule has 0 bridgehead atoms. The number of hydrogen-bond donors (Lipinski definition) is 1. The summed E-state index contributed by atoms with van der Waals surface area (Å²) in [4.78, 5) is 16.3. The number of benzene rings is 2. The van der Waals surface area contributed by atoms with Gasteiger partial charge < -0.3 is 0 Å². The summed E-state index contributed by atoms with van der Waals surface area (Å²) in [6.45, 7) is 1.17. The fourth-order valence-corrected chi connectivity index (χ4v) is 4.02. The van der Waals surface area contributed by atoms with Gasteiger partial charge in [-0.3, -0.25) is 14.1 Å². The zero-order valence-corrected chi connectivity index (χ0v) is 16.9. The van der Waals surface area contributed by atoms with Gasteiger partial charge in [0.25, 0.3) is 15.9 Å². The molecule has 0 aliphatic heterocycles. The number of sulfonamides is 1. The lowest BCUT2D eigenvalue weighted by molar-refractivity contribution is -0.119. The predicted octanol–water partition coefficient (Wildman–Crippen LogP) is 2.87. The summed E-state index contributed by atoms with van der Waals surface area (Å²) in [5.74, 6) is -1.49. The van der Waals surface area contributed by atoms with Crippen molar-refractivity contribution in [2.75, 3.05) is 10.8 Å². The van der Waals surface area contributed by atoms with Crippen molar-refractivity contribution in [3.8, 4) is 0 Å². The van der Waals surface area contributed by atoms with Crippen LogP contribution in [0.25, 0.3) is 0 Å². The number of carbonyl (C=O) groups is 1. The van der Waals surface area contributed by atoms with Gasteiger partial charge in [-0.05, 0) is 37.3 Å². The van der Waals surface area contributed by atoms with Crippen molar-refractivity contribution in [3.63, 3.8) is 0 Å². The maximum absolute atomic E-state index is 14.4. The highest BCUT2D eigenvalue weighted by Crippen LogP contribution is 2.26. The Bertz CT molecular complexity index is 1150. The number of hydrazone groups is 1. The topological polar surface area (TPSA) is 91.7 Å². The highest BCUT2D eigenvalue weighted by atomic mass is 32.2. The van der Waals surface area contributed by atoms with Crippen LogP contribution in [0.5, 0.6) is 0 Å². The van der Waals surface area contributed by atoms with Gasteiger partial charge in [-0.2, -0.15) is 5.10 Å². The number of aromatic nitrogens is 1. The van der Waals surface area contributed by atoms with Gasteiger partial charge in [0.1, 0.15) is 12.4 Å². The van der Waals surface area contributed by atoms with Gasteiger partial charge in [0.2, 0.25) is 0 Å². The lowest BCUT2D eigenvalue weighted by atomic mass is 10.2. The molecule has 0 fully saturated rings. The van der Waals surface area contributed by atoms with E-state index in [2.05, 4.69) is 15.5 Å². The van der Waals surface area contributed by atoms with Crippen LogP contribution in [0.2, 0.25) is 0 Å². The first kappa shape index (κ1) is 21.1. The summed E-state index contributed by atoms with van der Waals surface area (Å²) in [5.41, 5.74) is 3.54. The number of aryl methyl sites for hydroxylation is 1. The summed E-state index contributed by atoms with van der Waals surface area (Å²) >= 11 is 0. The number of anilines is 1. The van der Waals surface area contributed by atoms with E-state index in [0.717, 1.165) is 15.9 Å². The van der Waals surface area contributed by atoms with E-state index in [-0.39, 0.29) is 10.6 Å². The third kappa shape index (κ3) is 5.06. The van der Waals surface area contributed by atoms with Gasteiger partial charge in [-0.1, -0.05) is 35.9 Å². The molecule has 0 saturated carbocycles. The number of halogens is 1. The van der Waals surface area contributed by atoms with Crippen molar-refractivity contribution in [1.29, 1.82) is 0 Å². The molecule has 3 rings (SSSR count). The van der Waals surface area contributed by atoms with Gasteiger partial charge in [0.05, 0.1) is 16.8 Å².